The van der Waals surface area contributed by atoms with Gasteiger partial charge in [0.25, 0.3) is 0 Å². The third-order valence-corrected chi connectivity index (χ3v) is 4.51. The van der Waals surface area contributed by atoms with Crippen molar-refractivity contribution in [2.24, 2.45) is 0 Å². The topological polar surface area (TPSA) is 40.5 Å². The standard InChI is InChI=1S/C15H18FNO2/c16-13-4-2-1-3-12(13)15(14(18)19)7-9-17(10-8-15)11-5-6-11/h1-4,11H,5-10H2,(H,18,19). The first-order valence-corrected chi connectivity index (χ1v) is 6.86. The number of halogens is 1. The Balaban J connectivity index is 1.89. The lowest BCUT2D eigenvalue weighted by Gasteiger charge is -2.39. The van der Waals surface area contributed by atoms with E-state index < -0.39 is 17.2 Å². The summed E-state index contributed by atoms with van der Waals surface area (Å²) in [4.78, 5) is 14.1. The Hall–Kier alpha value is -1.42. The smallest absolute Gasteiger partial charge is 0.314 e. The first-order valence-electron chi connectivity index (χ1n) is 6.86. The maximum absolute atomic E-state index is 14.0. The first kappa shape index (κ1) is 12.6. The number of benzene rings is 1. The lowest BCUT2D eigenvalue weighted by Crippen LogP contribution is -2.48. The quantitative estimate of drug-likeness (QED) is 0.910. The molecule has 0 unspecified atom stereocenters. The molecule has 1 aliphatic carbocycles. The molecule has 1 aromatic carbocycles. The summed E-state index contributed by atoms with van der Waals surface area (Å²) >= 11 is 0. The van der Waals surface area contributed by atoms with Crippen LogP contribution in [-0.2, 0) is 10.2 Å². The van der Waals surface area contributed by atoms with Crippen LogP contribution in [0.2, 0.25) is 0 Å². The molecule has 1 aromatic rings. The molecule has 1 aliphatic heterocycles. The highest BCUT2D eigenvalue weighted by atomic mass is 19.1. The molecule has 3 nitrogen and oxygen atoms in total. The van der Waals surface area contributed by atoms with Gasteiger partial charge < -0.3 is 10.0 Å². The molecule has 4 heteroatoms. The molecule has 0 atom stereocenters. The zero-order chi connectivity index (χ0) is 13.5. The second-order valence-corrected chi connectivity index (χ2v) is 5.63. The van der Waals surface area contributed by atoms with Crippen molar-refractivity contribution in [3.05, 3.63) is 35.6 Å². The van der Waals surface area contributed by atoms with Gasteiger partial charge in [0.05, 0.1) is 5.41 Å². The minimum absolute atomic E-state index is 0.345. The van der Waals surface area contributed by atoms with Crippen molar-refractivity contribution in [3.8, 4) is 0 Å². The van der Waals surface area contributed by atoms with E-state index in [1.807, 2.05) is 0 Å². The highest BCUT2D eigenvalue weighted by molar-refractivity contribution is 5.81. The van der Waals surface area contributed by atoms with Crippen LogP contribution in [0.1, 0.15) is 31.2 Å². The van der Waals surface area contributed by atoms with Crippen molar-refractivity contribution in [2.75, 3.05) is 13.1 Å². The first-order chi connectivity index (χ1) is 9.13. The third-order valence-electron chi connectivity index (χ3n) is 4.51. The highest BCUT2D eigenvalue weighted by Crippen LogP contribution is 2.40. The van der Waals surface area contributed by atoms with E-state index in [1.165, 1.54) is 18.9 Å². The average Bonchev–Trinajstić information content (AvgIpc) is 3.23. The summed E-state index contributed by atoms with van der Waals surface area (Å²) in [5, 5.41) is 9.62. The van der Waals surface area contributed by atoms with Gasteiger partial charge in [0.1, 0.15) is 5.82 Å². The maximum atomic E-state index is 14.0. The minimum atomic E-state index is -1.04. The normalized spacial score (nSPS) is 23.2. The molecule has 0 bridgehead atoms. The van der Waals surface area contributed by atoms with E-state index in [0.717, 1.165) is 13.1 Å². The Labute approximate surface area is 112 Å². The number of carbonyl (C=O) groups is 1. The Kier molecular flexibility index (Phi) is 3.05. The van der Waals surface area contributed by atoms with Crippen LogP contribution < -0.4 is 0 Å². The van der Waals surface area contributed by atoms with Crippen LogP contribution in [0.3, 0.4) is 0 Å². The number of carboxylic acid groups (broad SMARTS) is 1. The summed E-state index contributed by atoms with van der Waals surface area (Å²) in [7, 11) is 0. The fourth-order valence-corrected chi connectivity index (χ4v) is 3.16. The molecule has 0 spiro atoms. The Morgan fingerprint density at radius 3 is 2.42 bits per heavy atom. The summed E-state index contributed by atoms with van der Waals surface area (Å²) in [6, 6.07) is 6.94. The van der Waals surface area contributed by atoms with Crippen LogP contribution in [0.5, 0.6) is 0 Å². The molecule has 1 saturated carbocycles. The number of aliphatic carboxylic acids is 1. The zero-order valence-corrected chi connectivity index (χ0v) is 10.8. The lowest BCUT2D eigenvalue weighted by atomic mass is 9.72. The van der Waals surface area contributed by atoms with Gasteiger partial charge in [0, 0.05) is 11.6 Å². The Bertz CT molecular complexity index is 491. The molecule has 3 rings (SSSR count). The fourth-order valence-electron chi connectivity index (χ4n) is 3.16. The van der Waals surface area contributed by atoms with E-state index in [9.17, 15) is 14.3 Å². The molecule has 1 saturated heterocycles. The van der Waals surface area contributed by atoms with Crippen molar-refractivity contribution in [1.82, 2.24) is 4.90 Å². The van der Waals surface area contributed by atoms with Gasteiger partial charge in [-0.25, -0.2) is 4.39 Å². The van der Waals surface area contributed by atoms with Gasteiger partial charge in [-0.15, -0.1) is 0 Å². The number of carboxylic acids is 1. The van der Waals surface area contributed by atoms with Crippen LogP contribution in [-0.4, -0.2) is 35.1 Å². The van der Waals surface area contributed by atoms with Gasteiger partial charge in [-0.1, -0.05) is 18.2 Å². The molecular weight excluding hydrogens is 245 g/mol. The van der Waals surface area contributed by atoms with Crippen molar-refractivity contribution in [1.29, 1.82) is 0 Å². The summed E-state index contributed by atoms with van der Waals surface area (Å²) in [5.74, 6) is -1.29. The van der Waals surface area contributed by atoms with Gasteiger partial charge in [-0.05, 0) is 44.8 Å². The van der Waals surface area contributed by atoms with E-state index in [2.05, 4.69) is 4.90 Å². The second-order valence-electron chi connectivity index (χ2n) is 5.63. The third kappa shape index (κ3) is 2.14. The molecule has 19 heavy (non-hydrogen) atoms. The van der Waals surface area contributed by atoms with E-state index in [0.29, 0.717) is 24.4 Å². The summed E-state index contributed by atoms with van der Waals surface area (Å²) in [5.41, 5.74) is -0.700. The number of nitrogens with zero attached hydrogens (tertiary/aromatic N) is 1. The molecule has 1 heterocycles. The van der Waals surface area contributed by atoms with Crippen molar-refractivity contribution in [3.63, 3.8) is 0 Å². The van der Waals surface area contributed by atoms with Crippen molar-refractivity contribution in [2.45, 2.75) is 37.1 Å². The van der Waals surface area contributed by atoms with Gasteiger partial charge >= 0.3 is 5.97 Å². The molecule has 1 N–H and O–H groups in total. The molecule has 0 radical (unpaired) electrons. The van der Waals surface area contributed by atoms with E-state index in [4.69, 9.17) is 0 Å². The predicted octanol–water partition coefficient (Wildman–Crippen LogP) is 2.41. The van der Waals surface area contributed by atoms with Gasteiger partial charge in [0.15, 0.2) is 0 Å². The van der Waals surface area contributed by atoms with Crippen molar-refractivity contribution >= 4 is 5.97 Å². The molecule has 2 aliphatic rings. The molecule has 0 aromatic heterocycles. The Morgan fingerprint density at radius 2 is 1.89 bits per heavy atom. The zero-order valence-electron chi connectivity index (χ0n) is 10.8. The number of hydrogen-bond acceptors (Lipinski definition) is 2. The SMILES string of the molecule is O=C(O)C1(c2ccccc2F)CCN(C2CC2)CC1. The van der Waals surface area contributed by atoms with E-state index in [1.54, 1.807) is 18.2 Å². The molecule has 2 fully saturated rings. The number of hydrogen-bond donors (Lipinski definition) is 1. The Morgan fingerprint density at radius 1 is 1.26 bits per heavy atom. The average molecular weight is 263 g/mol. The van der Waals surface area contributed by atoms with Crippen LogP contribution in [0.25, 0.3) is 0 Å². The van der Waals surface area contributed by atoms with Gasteiger partial charge in [0.2, 0.25) is 0 Å². The van der Waals surface area contributed by atoms with E-state index >= 15 is 0 Å². The lowest BCUT2D eigenvalue weighted by molar-refractivity contribution is -0.146. The maximum Gasteiger partial charge on any atom is 0.314 e. The molecule has 102 valence electrons. The highest BCUT2D eigenvalue weighted by Gasteiger charge is 2.46. The fraction of sp³-hybridized carbons (Fsp3) is 0.533. The van der Waals surface area contributed by atoms with Crippen LogP contribution in [0.15, 0.2) is 24.3 Å². The minimum Gasteiger partial charge on any atom is -0.481 e. The van der Waals surface area contributed by atoms with Crippen LogP contribution >= 0.6 is 0 Å². The monoisotopic (exact) mass is 263 g/mol. The predicted molar refractivity (Wildman–Crippen MR) is 69.5 cm³/mol. The van der Waals surface area contributed by atoms with Crippen LogP contribution in [0, 0.1) is 5.82 Å². The van der Waals surface area contributed by atoms with E-state index in [-0.39, 0.29) is 0 Å². The summed E-state index contributed by atoms with van der Waals surface area (Å²) < 4.78 is 14.0. The largest absolute Gasteiger partial charge is 0.481 e. The summed E-state index contributed by atoms with van der Waals surface area (Å²) in [6.45, 7) is 1.51. The van der Waals surface area contributed by atoms with Gasteiger partial charge in [-0.3, -0.25) is 4.79 Å². The van der Waals surface area contributed by atoms with Crippen LogP contribution in [0.4, 0.5) is 4.39 Å². The number of piperidine rings is 1. The number of likely N-dealkylation sites (tertiary alicyclic amines) is 1. The summed E-state index contributed by atoms with van der Waals surface area (Å²) in [6.07, 6.45) is 3.44. The molecule has 0 amide bonds. The molecular formula is C15H18FNO2. The van der Waals surface area contributed by atoms with Crippen molar-refractivity contribution < 1.29 is 14.3 Å². The second kappa shape index (κ2) is 4.60. The number of rotatable bonds is 3. The van der Waals surface area contributed by atoms with Gasteiger partial charge in [-0.2, -0.15) is 0 Å².